The lowest BCUT2D eigenvalue weighted by molar-refractivity contribution is -0.120. The lowest BCUT2D eigenvalue weighted by atomic mass is 10.1. The van der Waals surface area contributed by atoms with Crippen molar-refractivity contribution in [2.45, 2.75) is 13.0 Å². The number of nitrogens with one attached hydrogen (secondary N) is 1. The predicted molar refractivity (Wildman–Crippen MR) is 88.0 cm³/mol. The van der Waals surface area contributed by atoms with Gasteiger partial charge in [0, 0.05) is 23.7 Å². The predicted octanol–water partition coefficient (Wildman–Crippen LogP) is 2.68. The molecule has 0 bridgehead atoms. The van der Waals surface area contributed by atoms with Crippen LogP contribution in [0, 0.1) is 5.82 Å². The van der Waals surface area contributed by atoms with Gasteiger partial charge in [0.05, 0.1) is 6.42 Å². The lowest BCUT2D eigenvalue weighted by Gasteiger charge is -2.09. The van der Waals surface area contributed by atoms with Crippen molar-refractivity contribution >= 4 is 17.5 Å². The molecule has 122 valence electrons. The van der Waals surface area contributed by atoms with Crippen LogP contribution >= 0.6 is 11.6 Å². The Morgan fingerprint density at radius 1 is 1.22 bits per heavy atom. The quantitative estimate of drug-likeness (QED) is 0.817. The molecule has 0 aromatic heterocycles. The summed E-state index contributed by atoms with van der Waals surface area (Å²) in [7, 11) is 0. The van der Waals surface area contributed by atoms with Crippen molar-refractivity contribution in [2.75, 3.05) is 13.2 Å². The van der Waals surface area contributed by atoms with E-state index in [1.807, 2.05) is 12.1 Å². The third-order valence-electron chi connectivity index (χ3n) is 3.20. The van der Waals surface area contributed by atoms with E-state index in [4.69, 9.17) is 22.1 Å². The number of carbonyl (C=O) groups is 1. The number of halogens is 2. The molecule has 0 aliphatic carbocycles. The van der Waals surface area contributed by atoms with Crippen molar-refractivity contribution in [2.24, 2.45) is 5.73 Å². The maximum atomic E-state index is 13.6. The van der Waals surface area contributed by atoms with Crippen LogP contribution in [0.25, 0.3) is 0 Å². The van der Waals surface area contributed by atoms with Crippen LogP contribution in [0.1, 0.15) is 11.1 Å². The standard InChI is InChI=1S/C17H18ClFN2O2/c18-15-2-1-3-16(19)14(15)11-21-17(22)10-12-4-6-13(7-5-12)23-9-8-20/h1-7H,8-11,20H2,(H,21,22). The van der Waals surface area contributed by atoms with Crippen LogP contribution in [0.15, 0.2) is 42.5 Å². The summed E-state index contributed by atoms with van der Waals surface area (Å²) in [6.45, 7) is 0.952. The molecule has 0 saturated carbocycles. The number of rotatable bonds is 7. The van der Waals surface area contributed by atoms with Gasteiger partial charge >= 0.3 is 0 Å². The molecule has 0 atom stereocenters. The molecule has 0 fully saturated rings. The van der Waals surface area contributed by atoms with Gasteiger partial charge in [-0.3, -0.25) is 4.79 Å². The summed E-state index contributed by atoms with van der Waals surface area (Å²) >= 11 is 5.92. The summed E-state index contributed by atoms with van der Waals surface area (Å²) in [4.78, 5) is 11.9. The minimum absolute atomic E-state index is 0.0576. The first-order valence-corrected chi connectivity index (χ1v) is 7.59. The van der Waals surface area contributed by atoms with Crippen molar-refractivity contribution in [3.05, 3.63) is 64.4 Å². The third-order valence-corrected chi connectivity index (χ3v) is 3.55. The maximum Gasteiger partial charge on any atom is 0.224 e. The van der Waals surface area contributed by atoms with Gasteiger partial charge in [-0.2, -0.15) is 0 Å². The Morgan fingerprint density at radius 3 is 2.61 bits per heavy atom. The van der Waals surface area contributed by atoms with Crippen LogP contribution in [-0.2, 0) is 17.8 Å². The van der Waals surface area contributed by atoms with Crippen molar-refractivity contribution in [3.8, 4) is 5.75 Å². The number of nitrogens with two attached hydrogens (primary N) is 1. The van der Waals surface area contributed by atoms with Crippen molar-refractivity contribution in [1.82, 2.24) is 5.32 Å². The number of carbonyl (C=O) groups excluding carboxylic acids is 1. The molecule has 0 radical (unpaired) electrons. The Kier molecular flexibility index (Phi) is 6.38. The van der Waals surface area contributed by atoms with Crippen LogP contribution in [0.2, 0.25) is 5.02 Å². The van der Waals surface area contributed by atoms with Crippen LogP contribution in [0.5, 0.6) is 5.75 Å². The average molecular weight is 337 g/mol. The van der Waals surface area contributed by atoms with Gasteiger partial charge in [-0.25, -0.2) is 4.39 Å². The fourth-order valence-electron chi connectivity index (χ4n) is 2.02. The smallest absolute Gasteiger partial charge is 0.224 e. The molecule has 4 nitrogen and oxygen atoms in total. The summed E-state index contributed by atoms with van der Waals surface area (Å²) in [6, 6.07) is 11.6. The minimum atomic E-state index is -0.431. The number of ether oxygens (including phenoxy) is 1. The Labute approximate surface area is 139 Å². The maximum absolute atomic E-state index is 13.6. The second-order valence-electron chi connectivity index (χ2n) is 4.93. The van der Waals surface area contributed by atoms with E-state index in [1.165, 1.54) is 12.1 Å². The summed E-state index contributed by atoms with van der Waals surface area (Å²) in [5.41, 5.74) is 6.48. The number of amides is 1. The van der Waals surface area contributed by atoms with Crippen LogP contribution in [-0.4, -0.2) is 19.1 Å². The molecule has 0 aliphatic rings. The van der Waals surface area contributed by atoms with Gasteiger partial charge in [-0.1, -0.05) is 29.8 Å². The van der Waals surface area contributed by atoms with E-state index in [0.717, 1.165) is 5.56 Å². The largest absolute Gasteiger partial charge is 0.492 e. The molecule has 6 heteroatoms. The van der Waals surface area contributed by atoms with Gasteiger partial charge in [0.2, 0.25) is 5.91 Å². The first-order chi connectivity index (χ1) is 11.1. The first kappa shape index (κ1) is 17.2. The summed E-state index contributed by atoms with van der Waals surface area (Å²) in [5.74, 6) is 0.0666. The molecule has 2 aromatic carbocycles. The third kappa shape index (κ3) is 5.23. The Balaban J connectivity index is 1.87. The molecule has 2 aromatic rings. The van der Waals surface area contributed by atoms with E-state index in [1.54, 1.807) is 18.2 Å². The molecule has 1 amide bonds. The zero-order chi connectivity index (χ0) is 16.7. The van der Waals surface area contributed by atoms with Gasteiger partial charge in [0.15, 0.2) is 0 Å². The Morgan fingerprint density at radius 2 is 1.96 bits per heavy atom. The van der Waals surface area contributed by atoms with Crippen molar-refractivity contribution < 1.29 is 13.9 Å². The van der Waals surface area contributed by atoms with E-state index >= 15 is 0 Å². The second-order valence-corrected chi connectivity index (χ2v) is 5.34. The summed E-state index contributed by atoms with van der Waals surface area (Å²) < 4.78 is 19.0. The average Bonchev–Trinajstić information content (AvgIpc) is 2.54. The first-order valence-electron chi connectivity index (χ1n) is 7.21. The van der Waals surface area contributed by atoms with Gasteiger partial charge in [-0.05, 0) is 29.8 Å². The Bertz CT molecular complexity index is 642. The van der Waals surface area contributed by atoms with Crippen LogP contribution in [0.3, 0.4) is 0 Å². The van der Waals surface area contributed by atoms with E-state index in [-0.39, 0.29) is 24.4 Å². The van der Waals surface area contributed by atoms with E-state index in [2.05, 4.69) is 5.32 Å². The molecule has 2 rings (SSSR count). The van der Waals surface area contributed by atoms with Gasteiger partial charge < -0.3 is 15.8 Å². The highest BCUT2D eigenvalue weighted by Gasteiger charge is 2.09. The molecule has 0 spiro atoms. The molecule has 0 heterocycles. The number of benzene rings is 2. The zero-order valence-corrected chi connectivity index (χ0v) is 13.3. The van der Waals surface area contributed by atoms with Gasteiger partial charge in [0.25, 0.3) is 0 Å². The fourth-order valence-corrected chi connectivity index (χ4v) is 2.25. The Hall–Kier alpha value is -2.11. The summed E-state index contributed by atoms with van der Waals surface area (Å²) in [6.07, 6.45) is 0.198. The van der Waals surface area contributed by atoms with E-state index < -0.39 is 5.82 Å². The van der Waals surface area contributed by atoms with Crippen molar-refractivity contribution in [1.29, 1.82) is 0 Å². The van der Waals surface area contributed by atoms with Gasteiger partial charge in [0.1, 0.15) is 18.2 Å². The van der Waals surface area contributed by atoms with E-state index in [0.29, 0.717) is 23.9 Å². The minimum Gasteiger partial charge on any atom is -0.492 e. The normalized spacial score (nSPS) is 10.4. The molecule has 3 N–H and O–H groups in total. The highest BCUT2D eigenvalue weighted by molar-refractivity contribution is 6.31. The number of hydrogen-bond donors (Lipinski definition) is 2. The topological polar surface area (TPSA) is 64.3 Å². The number of hydrogen-bond acceptors (Lipinski definition) is 3. The zero-order valence-electron chi connectivity index (χ0n) is 12.5. The fraction of sp³-hybridized carbons (Fsp3) is 0.235. The van der Waals surface area contributed by atoms with Crippen molar-refractivity contribution in [3.63, 3.8) is 0 Å². The summed E-state index contributed by atoms with van der Waals surface area (Å²) in [5, 5.41) is 2.96. The van der Waals surface area contributed by atoms with Gasteiger partial charge in [-0.15, -0.1) is 0 Å². The van der Waals surface area contributed by atoms with E-state index in [9.17, 15) is 9.18 Å². The molecule has 0 saturated heterocycles. The molecule has 23 heavy (non-hydrogen) atoms. The second kappa shape index (κ2) is 8.50. The van der Waals surface area contributed by atoms with Crippen LogP contribution < -0.4 is 15.8 Å². The lowest BCUT2D eigenvalue weighted by Crippen LogP contribution is -2.25. The monoisotopic (exact) mass is 336 g/mol. The highest BCUT2D eigenvalue weighted by atomic mass is 35.5. The van der Waals surface area contributed by atoms with Crippen LogP contribution in [0.4, 0.5) is 4.39 Å². The molecular weight excluding hydrogens is 319 g/mol. The molecular formula is C17H18ClFN2O2. The molecule has 0 unspecified atom stereocenters. The highest BCUT2D eigenvalue weighted by Crippen LogP contribution is 2.18. The SMILES string of the molecule is NCCOc1ccc(CC(=O)NCc2c(F)cccc2Cl)cc1. The molecule has 0 aliphatic heterocycles.